The van der Waals surface area contributed by atoms with Crippen molar-refractivity contribution in [3.8, 4) is 0 Å². The molecule has 1 aromatic rings. The molecule has 1 aliphatic rings. The average Bonchev–Trinajstić information content (AvgIpc) is 2.61. The van der Waals surface area contributed by atoms with E-state index in [0.29, 0.717) is 0 Å². The highest BCUT2D eigenvalue weighted by atomic mass is 32.2. The molecule has 1 aromatic carbocycles. The number of alkyl halides is 2. The molecule has 0 aliphatic carbocycles. The lowest BCUT2D eigenvalue weighted by atomic mass is 10.1. The van der Waals surface area contributed by atoms with Crippen LogP contribution in [0.5, 0.6) is 0 Å². The van der Waals surface area contributed by atoms with E-state index in [9.17, 15) is 26.4 Å². The van der Waals surface area contributed by atoms with Crippen molar-refractivity contribution in [2.24, 2.45) is 0 Å². The van der Waals surface area contributed by atoms with Gasteiger partial charge in [0, 0.05) is 19.2 Å². The van der Waals surface area contributed by atoms with Gasteiger partial charge in [0.15, 0.2) is 0 Å². The molecule has 1 fully saturated rings. The number of carbonyl (C=O) groups excluding carboxylic acids is 1. The predicted octanol–water partition coefficient (Wildman–Crippen LogP) is 1.53. The van der Waals surface area contributed by atoms with Crippen molar-refractivity contribution in [1.29, 1.82) is 0 Å². The summed E-state index contributed by atoms with van der Waals surface area (Å²) in [6, 6.07) is 3.91. The van der Waals surface area contributed by atoms with Crippen molar-refractivity contribution < 1.29 is 35.9 Å². The summed E-state index contributed by atoms with van der Waals surface area (Å²) in [4.78, 5) is 12.8. The third-order valence-electron chi connectivity index (χ3n) is 3.54. The molecule has 0 radical (unpaired) electrons. The first kappa shape index (κ1) is 21.4. The fourth-order valence-electron chi connectivity index (χ4n) is 2.25. The molecule has 1 aliphatic heterocycles. The second-order valence-corrected chi connectivity index (χ2v) is 7.18. The van der Waals surface area contributed by atoms with Gasteiger partial charge in [-0.05, 0) is 24.6 Å². The van der Waals surface area contributed by atoms with Gasteiger partial charge in [-0.3, -0.25) is 0 Å². The maximum absolute atomic E-state index is 14.2. The van der Waals surface area contributed by atoms with E-state index in [0.717, 1.165) is 24.3 Å². The molecule has 0 bridgehead atoms. The standard InChI is InChI=1S/C16H19F3N2O5S/c1-2-26-15(22)16(18,19)11-14(12-3-5-13(17)6-4-12)27(23,24)20-21-7-9-25-10-8-21/h3-6,11,20H,2,7-10H2,1H3/b14-11+. The molecule has 7 nitrogen and oxygen atoms in total. The summed E-state index contributed by atoms with van der Waals surface area (Å²) in [5.41, 5.74) is -0.207. The maximum Gasteiger partial charge on any atom is 0.381 e. The van der Waals surface area contributed by atoms with Crippen molar-refractivity contribution >= 4 is 20.9 Å². The van der Waals surface area contributed by atoms with Crippen molar-refractivity contribution in [2.45, 2.75) is 12.8 Å². The van der Waals surface area contributed by atoms with Gasteiger partial charge in [0.1, 0.15) is 5.82 Å². The number of sulfonamides is 1. The highest BCUT2D eigenvalue weighted by Gasteiger charge is 2.41. The van der Waals surface area contributed by atoms with E-state index >= 15 is 0 Å². The molecule has 0 atom stereocenters. The first-order valence-electron chi connectivity index (χ1n) is 8.04. The van der Waals surface area contributed by atoms with E-state index in [1.807, 2.05) is 0 Å². The van der Waals surface area contributed by atoms with E-state index in [4.69, 9.17) is 4.74 Å². The number of hydrogen-bond acceptors (Lipinski definition) is 6. The third kappa shape index (κ3) is 5.76. The minimum Gasteiger partial charge on any atom is -0.461 e. The second kappa shape index (κ2) is 8.83. The van der Waals surface area contributed by atoms with Crippen LogP contribution >= 0.6 is 0 Å². The van der Waals surface area contributed by atoms with Gasteiger partial charge >= 0.3 is 11.9 Å². The quantitative estimate of drug-likeness (QED) is 0.689. The number of nitrogens with zero attached hydrogens (tertiary/aromatic N) is 1. The molecular formula is C16H19F3N2O5S. The van der Waals surface area contributed by atoms with Crippen LogP contribution in [0.4, 0.5) is 13.2 Å². The van der Waals surface area contributed by atoms with Crippen LogP contribution in [0.2, 0.25) is 0 Å². The lowest BCUT2D eigenvalue weighted by Crippen LogP contribution is -2.48. The van der Waals surface area contributed by atoms with Crippen LogP contribution in [0, 0.1) is 5.82 Å². The van der Waals surface area contributed by atoms with Crippen molar-refractivity contribution in [2.75, 3.05) is 32.9 Å². The van der Waals surface area contributed by atoms with Gasteiger partial charge in [-0.15, -0.1) is 4.83 Å². The third-order valence-corrected chi connectivity index (χ3v) is 4.97. The van der Waals surface area contributed by atoms with E-state index in [1.54, 1.807) is 0 Å². The number of rotatable bonds is 7. The summed E-state index contributed by atoms with van der Waals surface area (Å²) < 4.78 is 76.3. The highest BCUT2D eigenvalue weighted by Crippen LogP contribution is 2.28. The number of hydrogen-bond donors (Lipinski definition) is 1. The maximum atomic E-state index is 14.2. The first-order valence-corrected chi connectivity index (χ1v) is 9.53. The Kier molecular flexibility index (Phi) is 6.98. The molecule has 1 heterocycles. The number of benzene rings is 1. The molecule has 150 valence electrons. The van der Waals surface area contributed by atoms with Crippen LogP contribution in [0.1, 0.15) is 12.5 Å². The van der Waals surface area contributed by atoms with Crippen LogP contribution in [-0.2, 0) is 24.3 Å². The largest absolute Gasteiger partial charge is 0.461 e. The molecule has 0 spiro atoms. The number of nitrogens with one attached hydrogen (secondary N) is 1. The minimum atomic E-state index is -4.50. The zero-order valence-corrected chi connectivity index (χ0v) is 15.3. The van der Waals surface area contributed by atoms with Gasteiger partial charge in [-0.1, -0.05) is 12.1 Å². The fourth-order valence-corrected chi connectivity index (χ4v) is 3.63. The number of ether oxygens (including phenoxy) is 2. The lowest BCUT2D eigenvalue weighted by Gasteiger charge is -2.27. The van der Waals surface area contributed by atoms with Gasteiger partial charge in [-0.25, -0.2) is 22.6 Å². The Bertz CT molecular complexity index is 791. The molecular weight excluding hydrogens is 389 g/mol. The van der Waals surface area contributed by atoms with Gasteiger partial charge in [0.2, 0.25) is 0 Å². The molecule has 0 aromatic heterocycles. The van der Waals surface area contributed by atoms with Crippen LogP contribution < -0.4 is 4.83 Å². The number of morpholine rings is 1. The van der Waals surface area contributed by atoms with Crippen molar-refractivity contribution in [1.82, 2.24) is 9.84 Å². The molecule has 0 saturated carbocycles. The van der Waals surface area contributed by atoms with E-state index in [1.165, 1.54) is 11.9 Å². The van der Waals surface area contributed by atoms with Gasteiger partial charge in [-0.2, -0.15) is 8.78 Å². The molecule has 11 heteroatoms. The zero-order chi connectivity index (χ0) is 20.1. The summed E-state index contributed by atoms with van der Waals surface area (Å²) in [5.74, 6) is -6.75. The monoisotopic (exact) mass is 408 g/mol. The highest BCUT2D eigenvalue weighted by molar-refractivity contribution is 7.98. The van der Waals surface area contributed by atoms with Gasteiger partial charge < -0.3 is 9.47 Å². The van der Waals surface area contributed by atoms with Gasteiger partial charge in [0.25, 0.3) is 10.0 Å². The Hall–Kier alpha value is -1.95. The minimum absolute atomic E-state index is 0.00100. The Morgan fingerprint density at radius 1 is 1.30 bits per heavy atom. The summed E-state index contributed by atoms with van der Waals surface area (Å²) in [6.45, 7) is 1.99. The topological polar surface area (TPSA) is 84.9 Å². The number of halogens is 3. The lowest BCUT2D eigenvalue weighted by molar-refractivity contribution is -0.164. The van der Waals surface area contributed by atoms with Crippen molar-refractivity contribution in [3.05, 3.63) is 41.7 Å². The summed E-state index contributed by atoms with van der Waals surface area (Å²) >= 11 is 0. The van der Waals surface area contributed by atoms with E-state index in [2.05, 4.69) is 9.57 Å². The predicted molar refractivity (Wildman–Crippen MR) is 90.4 cm³/mol. The number of hydrazine groups is 1. The molecule has 1 N–H and O–H groups in total. The summed E-state index contributed by atoms with van der Waals surface area (Å²) in [7, 11) is -4.50. The van der Waals surface area contributed by atoms with Gasteiger partial charge in [0.05, 0.1) is 24.7 Å². The molecule has 0 unspecified atom stereocenters. The smallest absolute Gasteiger partial charge is 0.381 e. The SMILES string of the molecule is CCOC(=O)C(F)(F)/C=C(\c1ccc(F)cc1)S(=O)(=O)NN1CCOCC1. The Morgan fingerprint density at radius 2 is 1.89 bits per heavy atom. The molecule has 2 rings (SSSR count). The Labute approximate surface area is 154 Å². The van der Waals surface area contributed by atoms with E-state index in [-0.39, 0.29) is 44.5 Å². The summed E-state index contributed by atoms with van der Waals surface area (Å²) in [5, 5.41) is 1.29. The second-order valence-electron chi connectivity index (χ2n) is 5.55. The van der Waals surface area contributed by atoms with Crippen LogP contribution in [0.25, 0.3) is 4.91 Å². The van der Waals surface area contributed by atoms with Crippen molar-refractivity contribution in [3.63, 3.8) is 0 Å². The van der Waals surface area contributed by atoms with Crippen LogP contribution in [-0.4, -0.2) is 58.2 Å². The Morgan fingerprint density at radius 3 is 2.44 bits per heavy atom. The molecule has 27 heavy (non-hydrogen) atoms. The molecule has 0 amide bonds. The summed E-state index contributed by atoms with van der Waals surface area (Å²) in [6.07, 6.45) is 0.00100. The first-order chi connectivity index (χ1) is 12.7. The fraction of sp³-hybridized carbons (Fsp3) is 0.438. The average molecular weight is 408 g/mol. The van der Waals surface area contributed by atoms with Crippen LogP contribution in [0.3, 0.4) is 0 Å². The van der Waals surface area contributed by atoms with E-state index < -0.39 is 32.6 Å². The Balaban J connectivity index is 2.44. The zero-order valence-electron chi connectivity index (χ0n) is 14.5. The molecule has 1 saturated heterocycles. The number of carbonyl (C=O) groups is 1. The normalized spacial score (nSPS) is 17.0. The number of esters is 1. The van der Waals surface area contributed by atoms with Crippen LogP contribution in [0.15, 0.2) is 30.3 Å².